The van der Waals surface area contributed by atoms with Crippen LogP contribution in [0, 0.1) is 0 Å². The fraction of sp³-hybridized carbons (Fsp3) is 0.0741. The number of nitrogens with zero attached hydrogens (tertiary/aromatic N) is 2. The quantitative estimate of drug-likeness (QED) is 0.343. The summed E-state index contributed by atoms with van der Waals surface area (Å²) < 4.78 is 5.02. The lowest BCUT2D eigenvalue weighted by Gasteiger charge is -2.24. The Labute approximate surface area is 183 Å². The topological polar surface area (TPSA) is 29.3 Å². The molecule has 5 aromatic rings. The van der Waals surface area contributed by atoms with Crippen molar-refractivity contribution in [1.82, 2.24) is 9.88 Å². The number of para-hydroxylation sites is 1. The van der Waals surface area contributed by atoms with Gasteiger partial charge in [-0.25, -0.2) is 0 Å². The number of hydrogen-bond donors (Lipinski definition) is 1. The molecule has 3 nitrogen and oxygen atoms in total. The Bertz CT molecular complexity index is 1600. The number of nitrogens with one attached hydrogen (secondary N) is 1. The third-order valence-corrected chi connectivity index (χ3v) is 7.59. The van der Waals surface area contributed by atoms with Gasteiger partial charge in [0.15, 0.2) is 0 Å². The predicted molar refractivity (Wildman–Crippen MR) is 132 cm³/mol. The van der Waals surface area contributed by atoms with Gasteiger partial charge in [0.2, 0.25) is 0 Å². The number of dihydropyridines is 1. The lowest BCUT2D eigenvalue weighted by atomic mass is 10.0. The molecule has 0 amide bonds. The maximum absolute atomic E-state index is 4.54. The molecule has 0 radical (unpaired) electrons. The van der Waals surface area contributed by atoms with Gasteiger partial charge in [0.1, 0.15) is 5.82 Å². The van der Waals surface area contributed by atoms with E-state index in [1.54, 1.807) is 0 Å². The summed E-state index contributed by atoms with van der Waals surface area (Å²) in [6.45, 7) is 0.760. The Hall–Kier alpha value is -3.63. The first-order valence-corrected chi connectivity index (χ1v) is 11.4. The average molecular weight is 418 g/mol. The maximum atomic E-state index is 4.54. The monoisotopic (exact) mass is 417 g/mol. The number of fused-ring (bicyclic) bond motifs is 6. The van der Waals surface area contributed by atoms with Crippen molar-refractivity contribution < 1.29 is 0 Å². The molecule has 0 aliphatic carbocycles. The van der Waals surface area contributed by atoms with Crippen LogP contribution in [0.5, 0.6) is 0 Å². The van der Waals surface area contributed by atoms with E-state index in [0.717, 1.165) is 12.4 Å². The van der Waals surface area contributed by atoms with Crippen molar-refractivity contribution in [3.63, 3.8) is 0 Å². The molecule has 2 aliphatic heterocycles. The van der Waals surface area contributed by atoms with E-state index in [2.05, 4.69) is 99.8 Å². The van der Waals surface area contributed by atoms with Gasteiger partial charge in [-0.3, -0.25) is 9.56 Å². The molecule has 3 aromatic carbocycles. The van der Waals surface area contributed by atoms with Crippen LogP contribution in [0.4, 0.5) is 0 Å². The van der Waals surface area contributed by atoms with Crippen molar-refractivity contribution in [3.05, 3.63) is 102 Å². The summed E-state index contributed by atoms with van der Waals surface area (Å²) in [5, 5.41) is 7.78. The van der Waals surface area contributed by atoms with Crippen LogP contribution in [-0.2, 0) is 6.54 Å². The van der Waals surface area contributed by atoms with E-state index in [9.17, 15) is 0 Å². The largest absolute Gasteiger partial charge is 0.361 e. The number of benzene rings is 3. The second kappa shape index (κ2) is 6.43. The van der Waals surface area contributed by atoms with Crippen LogP contribution in [0.25, 0.3) is 36.9 Å². The normalized spacial score (nSPS) is 17.4. The minimum absolute atomic E-state index is 0.118. The summed E-state index contributed by atoms with van der Waals surface area (Å²) in [6, 6.07) is 24.1. The second-order valence-electron chi connectivity index (χ2n) is 8.07. The fourth-order valence-corrected chi connectivity index (χ4v) is 6.21. The van der Waals surface area contributed by atoms with Crippen LogP contribution in [0.3, 0.4) is 0 Å². The van der Waals surface area contributed by atoms with Gasteiger partial charge in [0, 0.05) is 37.3 Å². The minimum atomic E-state index is 0.118. The second-order valence-corrected chi connectivity index (χ2v) is 9.12. The van der Waals surface area contributed by atoms with Crippen molar-refractivity contribution >= 4 is 54.4 Å². The average Bonchev–Trinajstić information content (AvgIpc) is 3.51. The molecule has 0 saturated heterocycles. The highest BCUT2D eigenvalue weighted by Gasteiger charge is 2.24. The zero-order valence-corrected chi connectivity index (χ0v) is 17.6. The van der Waals surface area contributed by atoms with Crippen LogP contribution >= 0.6 is 11.3 Å². The number of allylic oxidation sites excluding steroid dienone is 2. The van der Waals surface area contributed by atoms with Crippen molar-refractivity contribution in [2.75, 3.05) is 0 Å². The van der Waals surface area contributed by atoms with E-state index in [0.29, 0.717) is 0 Å². The summed E-state index contributed by atoms with van der Waals surface area (Å²) in [4.78, 5) is 4.54. The van der Waals surface area contributed by atoms with E-state index in [4.69, 9.17) is 0 Å². The van der Waals surface area contributed by atoms with E-state index >= 15 is 0 Å². The van der Waals surface area contributed by atoms with Crippen LogP contribution in [0.1, 0.15) is 22.9 Å². The van der Waals surface area contributed by atoms with Gasteiger partial charge in [-0.2, -0.15) is 0 Å². The number of aliphatic imine (C=N–C) groups is 1. The number of rotatable bonds is 2. The number of hydrogen-bond acceptors (Lipinski definition) is 3. The molecular weight excluding hydrogens is 398 g/mol. The molecule has 2 aromatic heterocycles. The van der Waals surface area contributed by atoms with Gasteiger partial charge in [-0.15, -0.1) is 11.3 Å². The van der Waals surface area contributed by atoms with Crippen LogP contribution in [-0.4, -0.2) is 10.8 Å². The van der Waals surface area contributed by atoms with Gasteiger partial charge < -0.3 is 5.32 Å². The van der Waals surface area contributed by atoms with Gasteiger partial charge in [-0.05, 0) is 23.8 Å². The highest BCUT2D eigenvalue weighted by atomic mass is 32.1. The molecule has 1 atom stereocenters. The summed E-state index contributed by atoms with van der Waals surface area (Å²) >= 11 is 1.88. The lowest BCUT2D eigenvalue weighted by molar-refractivity contribution is 0.737. The first-order valence-electron chi connectivity index (χ1n) is 10.6. The SMILES string of the molecule is C1=CC(c2cccc3c2sc2ccccc23)NC(n2c3c(c4ccccc42)CN=C3)=C1. The van der Waals surface area contributed by atoms with Crippen molar-refractivity contribution in [2.24, 2.45) is 4.99 Å². The van der Waals surface area contributed by atoms with E-state index in [-0.39, 0.29) is 6.04 Å². The van der Waals surface area contributed by atoms with E-state index in [1.807, 2.05) is 17.6 Å². The molecule has 148 valence electrons. The van der Waals surface area contributed by atoms with E-state index in [1.165, 1.54) is 47.9 Å². The zero-order valence-electron chi connectivity index (χ0n) is 16.7. The first kappa shape index (κ1) is 17.1. The molecule has 7 rings (SSSR count). The molecule has 0 saturated carbocycles. The minimum Gasteiger partial charge on any atom is -0.361 e. The van der Waals surface area contributed by atoms with E-state index < -0.39 is 0 Å². The Morgan fingerprint density at radius 1 is 0.903 bits per heavy atom. The summed E-state index contributed by atoms with van der Waals surface area (Å²) in [5.41, 5.74) is 5.05. The third-order valence-electron chi connectivity index (χ3n) is 6.35. The summed E-state index contributed by atoms with van der Waals surface area (Å²) in [5.74, 6) is 1.09. The van der Waals surface area contributed by atoms with Gasteiger partial charge in [0.25, 0.3) is 0 Å². The Kier molecular flexibility index (Phi) is 3.55. The van der Waals surface area contributed by atoms with Crippen molar-refractivity contribution in [3.8, 4) is 0 Å². The maximum Gasteiger partial charge on any atom is 0.111 e. The Morgan fingerprint density at radius 3 is 2.71 bits per heavy atom. The predicted octanol–water partition coefficient (Wildman–Crippen LogP) is 6.64. The Balaban J connectivity index is 1.37. The molecule has 0 bridgehead atoms. The Morgan fingerprint density at radius 2 is 1.74 bits per heavy atom. The molecule has 4 heteroatoms. The molecule has 2 aliphatic rings. The smallest absolute Gasteiger partial charge is 0.111 e. The molecule has 0 fully saturated rings. The molecule has 1 N–H and O–H groups in total. The third kappa shape index (κ3) is 2.42. The van der Waals surface area contributed by atoms with Gasteiger partial charge >= 0.3 is 0 Å². The molecule has 31 heavy (non-hydrogen) atoms. The highest BCUT2D eigenvalue weighted by Crippen LogP contribution is 2.39. The first-order chi connectivity index (χ1) is 15.4. The standard InChI is InChI=1S/C27H19N3S/c1-3-12-23-17(7-1)21-15-28-16-24(21)30(23)26-14-6-11-22(29-26)20-10-5-9-19-18-8-2-4-13-25(18)31-27(19)20/h1-14,16,22,29H,15H2. The molecular formula is C27H19N3S. The number of aromatic nitrogens is 1. The van der Waals surface area contributed by atoms with Gasteiger partial charge in [0.05, 0.1) is 23.8 Å². The highest BCUT2D eigenvalue weighted by molar-refractivity contribution is 7.26. The summed E-state index contributed by atoms with van der Waals surface area (Å²) in [6.07, 6.45) is 8.61. The van der Waals surface area contributed by atoms with Crippen molar-refractivity contribution in [1.29, 1.82) is 0 Å². The molecule has 0 spiro atoms. The fourth-order valence-electron chi connectivity index (χ4n) is 4.96. The lowest BCUT2D eigenvalue weighted by Crippen LogP contribution is -2.24. The van der Waals surface area contributed by atoms with Crippen LogP contribution in [0.15, 0.2) is 90.0 Å². The molecule has 1 unspecified atom stereocenters. The zero-order chi connectivity index (χ0) is 20.4. The van der Waals surface area contributed by atoms with Crippen LogP contribution < -0.4 is 5.32 Å². The number of thiophene rings is 1. The molecule has 4 heterocycles. The summed E-state index contributed by atoms with van der Waals surface area (Å²) in [7, 11) is 0. The van der Waals surface area contributed by atoms with Gasteiger partial charge in [-0.1, -0.05) is 66.7 Å². The van der Waals surface area contributed by atoms with Crippen LogP contribution in [0.2, 0.25) is 0 Å². The van der Waals surface area contributed by atoms with Crippen molar-refractivity contribution in [2.45, 2.75) is 12.6 Å².